The number of methoxy groups -OCH3 is 1. The van der Waals surface area contributed by atoms with Crippen LogP contribution in [0.3, 0.4) is 0 Å². The van der Waals surface area contributed by atoms with Crippen LogP contribution < -0.4 is 15.0 Å². The quantitative estimate of drug-likeness (QED) is 0.839. The summed E-state index contributed by atoms with van der Waals surface area (Å²) in [6, 6.07) is 6.93. The van der Waals surface area contributed by atoms with Crippen molar-refractivity contribution in [3.05, 3.63) is 24.3 Å². The Hall–Kier alpha value is -1.88. The van der Waals surface area contributed by atoms with Gasteiger partial charge in [0.15, 0.2) is 6.04 Å². The standard InChI is InChI=1S/C21H26N2O3/c1-26-17-4-2-16(3-5-17)23-19(24)9-18(20(23)25)22-21-10-13-6-14(11-21)8-15(7-13)12-21/h2-5,13-15,18,22H,6-12H2,1H3/p+1/t13?,14?,15?,18-,21?/m1/s1. The number of amides is 2. The average molecular weight is 355 g/mol. The fourth-order valence-corrected chi connectivity index (χ4v) is 6.60. The Morgan fingerprint density at radius 2 is 1.58 bits per heavy atom. The molecule has 4 bridgehead atoms. The molecule has 4 saturated carbocycles. The van der Waals surface area contributed by atoms with Crippen molar-refractivity contribution in [3.63, 3.8) is 0 Å². The van der Waals surface area contributed by atoms with Gasteiger partial charge in [-0.25, -0.2) is 4.90 Å². The van der Waals surface area contributed by atoms with Gasteiger partial charge < -0.3 is 10.1 Å². The number of benzene rings is 1. The Labute approximate surface area is 154 Å². The van der Waals surface area contributed by atoms with E-state index in [0.717, 1.165) is 23.5 Å². The Morgan fingerprint density at radius 3 is 2.12 bits per heavy atom. The molecule has 26 heavy (non-hydrogen) atoms. The van der Waals surface area contributed by atoms with Gasteiger partial charge in [0, 0.05) is 19.3 Å². The molecular formula is C21H27N2O3+. The molecule has 0 unspecified atom stereocenters. The first kappa shape index (κ1) is 16.3. The lowest BCUT2D eigenvalue weighted by Gasteiger charge is -2.55. The van der Waals surface area contributed by atoms with Crippen LogP contribution in [0.2, 0.25) is 0 Å². The molecule has 138 valence electrons. The maximum absolute atomic E-state index is 13.0. The fraction of sp³-hybridized carbons (Fsp3) is 0.619. The van der Waals surface area contributed by atoms with Crippen LogP contribution in [0.4, 0.5) is 5.69 Å². The van der Waals surface area contributed by atoms with E-state index in [0.29, 0.717) is 12.1 Å². The third-order valence-electron chi connectivity index (χ3n) is 7.15. The van der Waals surface area contributed by atoms with E-state index in [1.165, 1.54) is 43.4 Å². The number of nitrogens with zero attached hydrogens (tertiary/aromatic N) is 1. The summed E-state index contributed by atoms with van der Waals surface area (Å²) in [5, 5.41) is 2.31. The molecule has 1 aromatic rings. The number of rotatable bonds is 4. The minimum atomic E-state index is -0.249. The molecule has 1 saturated heterocycles. The largest absolute Gasteiger partial charge is 0.497 e. The van der Waals surface area contributed by atoms with E-state index in [4.69, 9.17) is 4.74 Å². The van der Waals surface area contributed by atoms with Crippen LogP contribution in [0.15, 0.2) is 24.3 Å². The second-order valence-corrected chi connectivity index (χ2v) is 9.02. The number of carbonyl (C=O) groups is 2. The number of ether oxygens (including phenoxy) is 1. The molecule has 2 N–H and O–H groups in total. The summed E-state index contributed by atoms with van der Waals surface area (Å²) in [4.78, 5) is 27.0. The summed E-state index contributed by atoms with van der Waals surface area (Å²) < 4.78 is 5.17. The minimum Gasteiger partial charge on any atom is -0.497 e. The van der Waals surface area contributed by atoms with Gasteiger partial charge in [-0.1, -0.05) is 0 Å². The van der Waals surface area contributed by atoms with Gasteiger partial charge >= 0.3 is 0 Å². The third kappa shape index (κ3) is 2.56. The van der Waals surface area contributed by atoms with Gasteiger partial charge in [0.1, 0.15) is 5.75 Å². The smallest absolute Gasteiger partial charge is 0.292 e. The lowest BCUT2D eigenvalue weighted by atomic mass is 9.53. The highest BCUT2D eigenvalue weighted by atomic mass is 16.5. The number of hydrogen-bond acceptors (Lipinski definition) is 3. The predicted octanol–water partition coefficient (Wildman–Crippen LogP) is 1.86. The molecule has 5 fully saturated rings. The monoisotopic (exact) mass is 355 g/mol. The van der Waals surface area contributed by atoms with Crippen molar-refractivity contribution in [2.45, 2.75) is 56.5 Å². The molecule has 1 heterocycles. The number of hydrogen-bond donors (Lipinski definition) is 1. The Morgan fingerprint density at radius 1 is 1.00 bits per heavy atom. The van der Waals surface area contributed by atoms with Crippen molar-refractivity contribution in [2.24, 2.45) is 17.8 Å². The van der Waals surface area contributed by atoms with Crippen LogP contribution >= 0.6 is 0 Å². The van der Waals surface area contributed by atoms with E-state index in [1.54, 1.807) is 31.4 Å². The van der Waals surface area contributed by atoms with Gasteiger partial charge in [-0.05, 0) is 61.3 Å². The first-order valence-electron chi connectivity index (χ1n) is 9.92. The summed E-state index contributed by atoms with van der Waals surface area (Å²) in [5.41, 5.74) is 0.868. The van der Waals surface area contributed by atoms with Crippen molar-refractivity contribution in [3.8, 4) is 5.75 Å². The first-order valence-corrected chi connectivity index (χ1v) is 9.92. The van der Waals surface area contributed by atoms with Gasteiger partial charge in [0.2, 0.25) is 5.91 Å². The van der Waals surface area contributed by atoms with Gasteiger partial charge in [-0.15, -0.1) is 0 Å². The molecule has 0 aromatic heterocycles. The van der Waals surface area contributed by atoms with Gasteiger partial charge in [-0.2, -0.15) is 0 Å². The van der Waals surface area contributed by atoms with E-state index in [1.807, 2.05) is 0 Å². The van der Waals surface area contributed by atoms with Crippen molar-refractivity contribution in [1.82, 2.24) is 0 Å². The number of carbonyl (C=O) groups excluding carboxylic acids is 2. The summed E-state index contributed by atoms with van der Waals surface area (Å²) in [7, 11) is 1.61. The second-order valence-electron chi connectivity index (χ2n) is 9.02. The molecule has 1 aromatic carbocycles. The number of imide groups is 1. The van der Waals surface area contributed by atoms with Crippen LogP contribution in [0, 0.1) is 17.8 Å². The molecule has 0 radical (unpaired) electrons. The summed E-state index contributed by atoms with van der Waals surface area (Å²) in [5.74, 6) is 3.15. The van der Waals surface area contributed by atoms with E-state index >= 15 is 0 Å². The number of quaternary nitrogens is 1. The zero-order valence-electron chi connectivity index (χ0n) is 15.3. The van der Waals surface area contributed by atoms with Crippen molar-refractivity contribution >= 4 is 17.5 Å². The topological polar surface area (TPSA) is 63.2 Å². The average Bonchev–Trinajstić information content (AvgIpc) is 2.87. The number of nitrogens with two attached hydrogens (primary N) is 1. The van der Waals surface area contributed by atoms with E-state index in [9.17, 15) is 9.59 Å². The highest BCUT2D eigenvalue weighted by Crippen LogP contribution is 2.54. The molecule has 5 nitrogen and oxygen atoms in total. The molecule has 6 rings (SSSR count). The highest BCUT2D eigenvalue weighted by Gasteiger charge is 2.56. The van der Waals surface area contributed by atoms with E-state index in [2.05, 4.69) is 5.32 Å². The minimum absolute atomic E-state index is 0.0455. The molecular weight excluding hydrogens is 328 g/mol. The van der Waals surface area contributed by atoms with Crippen LogP contribution in [0.5, 0.6) is 5.75 Å². The Balaban J connectivity index is 1.35. The Bertz CT molecular complexity index is 707. The Kier molecular flexibility index (Phi) is 3.64. The van der Waals surface area contributed by atoms with Crippen LogP contribution in [0.1, 0.15) is 44.9 Å². The normalized spacial score (nSPS) is 38.3. The number of anilines is 1. The summed E-state index contributed by atoms with van der Waals surface area (Å²) in [6.07, 6.45) is 8.21. The SMILES string of the molecule is COc1ccc(N2C(=O)C[C@@H]([NH2+]C34CC5CC(CC(C5)C3)C4)C2=O)cc1. The van der Waals surface area contributed by atoms with Gasteiger partial charge in [0.05, 0.1) is 24.8 Å². The lowest BCUT2D eigenvalue weighted by Crippen LogP contribution is -3.03. The molecule has 5 aliphatic rings. The van der Waals surface area contributed by atoms with Gasteiger partial charge in [0.25, 0.3) is 5.91 Å². The van der Waals surface area contributed by atoms with E-state index < -0.39 is 0 Å². The first-order chi connectivity index (χ1) is 12.5. The molecule has 0 spiro atoms. The molecule has 2 amide bonds. The zero-order chi connectivity index (χ0) is 17.9. The lowest BCUT2D eigenvalue weighted by molar-refractivity contribution is -0.755. The van der Waals surface area contributed by atoms with Crippen LogP contribution in [-0.4, -0.2) is 30.5 Å². The van der Waals surface area contributed by atoms with E-state index in [-0.39, 0.29) is 23.4 Å². The highest BCUT2D eigenvalue weighted by molar-refractivity contribution is 6.21. The molecule has 5 heteroatoms. The summed E-state index contributed by atoms with van der Waals surface area (Å²) in [6.45, 7) is 0. The fourth-order valence-electron chi connectivity index (χ4n) is 6.60. The van der Waals surface area contributed by atoms with Gasteiger partial charge in [-0.3, -0.25) is 9.59 Å². The van der Waals surface area contributed by atoms with Crippen molar-refractivity contribution in [2.75, 3.05) is 12.0 Å². The second kappa shape index (κ2) is 5.81. The molecule has 1 aliphatic heterocycles. The third-order valence-corrected chi connectivity index (χ3v) is 7.15. The zero-order valence-corrected chi connectivity index (χ0v) is 15.3. The maximum atomic E-state index is 13.0. The maximum Gasteiger partial charge on any atom is 0.292 e. The van der Waals surface area contributed by atoms with Crippen molar-refractivity contribution in [1.29, 1.82) is 0 Å². The molecule has 4 aliphatic carbocycles. The van der Waals surface area contributed by atoms with Crippen LogP contribution in [-0.2, 0) is 9.59 Å². The summed E-state index contributed by atoms with van der Waals surface area (Å²) >= 11 is 0. The predicted molar refractivity (Wildman–Crippen MR) is 96.7 cm³/mol. The van der Waals surface area contributed by atoms with Crippen LogP contribution in [0.25, 0.3) is 0 Å². The van der Waals surface area contributed by atoms with Crippen molar-refractivity contribution < 1.29 is 19.6 Å². The molecule has 1 atom stereocenters.